The largest absolute Gasteiger partial charge is 0.353 e. The minimum Gasteiger partial charge on any atom is -0.353 e. The van der Waals surface area contributed by atoms with Gasteiger partial charge < -0.3 is 4.90 Å². The molecule has 5 nitrogen and oxygen atoms in total. The van der Waals surface area contributed by atoms with Gasteiger partial charge in [-0.25, -0.2) is 0 Å². The van der Waals surface area contributed by atoms with E-state index in [4.69, 9.17) is 11.6 Å². The van der Waals surface area contributed by atoms with Crippen LogP contribution in [-0.2, 0) is 0 Å². The number of halogens is 1. The predicted molar refractivity (Wildman–Crippen MR) is 72.5 cm³/mol. The van der Waals surface area contributed by atoms with Crippen LogP contribution in [0.4, 0.5) is 5.82 Å². The van der Waals surface area contributed by atoms with Gasteiger partial charge in [0.15, 0.2) is 5.82 Å². The third-order valence-electron chi connectivity index (χ3n) is 3.18. The first-order chi connectivity index (χ1) is 9.29. The van der Waals surface area contributed by atoms with Crippen molar-refractivity contribution in [3.8, 4) is 11.8 Å². The lowest BCUT2D eigenvalue weighted by atomic mass is 10.3. The number of hydrogen-bond acceptors (Lipinski definition) is 4. The molecule has 0 saturated carbocycles. The first-order valence-electron chi connectivity index (χ1n) is 6.17. The Morgan fingerprint density at radius 2 is 1.89 bits per heavy atom. The summed E-state index contributed by atoms with van der Waals surface area (Å²) in [6, 6.07) is 9.43. The third-order valence-corrected chi connectivity index (χ3v) is 3.50. The fourth-order valence-electron chi connectivity index (χ4n) is 2.23. The maximum atomic E-state index is 9.18. The second-order valence-corrected chi connectivity index (χ2v) is 4.83. The summed E-state index contributed by atoms with van der Waals surface area (Å²) in [6.07, 6.45) is 2.26. The van der Waals surface area contributed by atoms with Crippen LogP contribution in [0.1, 0.15) is 18.5 Å². The molecule has 0 spiro atoms. The number of benzene rings is 1. The highest BCUT2D eigenvalue weighted by Crippen LogP contribution is 2.24. The van der Waals surface area contributed by atoms with Crippen molar-refractivity contribution in [2.45, 2.75) is 12.8 Å². The second kappa shape index (κ2) is 4.90. The van der Waals surface area contributed by atoms with Crippen molar-refractivity contribution in [2.75, 3.05) is 18.0 Å². The summed E-state index contributed by atoms with van der Waals surface area (Å²) in [7, 11) is 0. The quantitative estimate of drug-likeness (QED) is 0.843. The maximum Gasteiger partial charge on any atom is 0.207 e. The molecule has 0 N–H and O–H groups in total. The Labute approximate surface area is 116 Å². The molecule has 1 aromatic heterocycles. The van der Waals surface area contributed by atoms with E-state index in [0.29, 0.717) is 22.2 Å². The van der Waals surface area contributed by atoms with Crippen LogP contribution in [0, 0.1) is 11.3 Å². The zero-order valence-corrected chi connectivity index (χ0v) is 11.0. The smallest absolute Gasteiger partial charge is 0.207 e. The summed E-state index contributed by atoms with van der Waals surface area (Å²) in [6.45, 7) is 1.85. The highest BCUT2D eigenvalue weighted by atomic mass is 35.5. The molecule has 1 aromatic carbocycles. The average Bonchev–Trinajstić information content (AvgIpc) is 3.08. The van der Waals surface area contributed by atoms with Crippen LogP contribution in [0.25, 0.3) is 5.69 Å². The van der Waals surface area contributed by atoms with E-state index in [-0.39, 0.29) is 0 Å². The molecular weight excluding hydrogens is 262 g/mol. The average molecular weight is 274 g/mol. The Bertz CT molecular complexity index is 637. The standard InChI is InChI=1S/C13H12ClN5/c14-10-5-1-2-6-12(10)19-16-11(9-15)13(17-19)18-7-3-4-8-18/h1-2,5-6H,3-4,7-8H2. The Kier molecular flexibility index (Phi) is 3.10. The van der Waals surface area contributed by atoms with Gasteiger partial charge in [0.05, 0.1) is 5.02 Å². The van der Waals surface area contributed by atoms with Gasteiger partial charge in [-0.1, -0.05) is 23.7 Å². The van der Waals surface area contributed by atoms with E-state index in [9.17, 15) is 5.26 Å². The summed E-state index contributed by atoms with van der Waals surface area (Å²) in [4.78, 5) is 3.54. The molecule has 2 aromatic rings. The minimum atomic E-state index is 0.349. The van der Waals surface area contributed by atoms with Crippen LogP contribution in [0.15, 0.2) is 24.3 Å². The number of nitriles is 1. The number of anilines is 1. The van der Waals surface area contributed by atoms with E-state index >= 15 is 0 Å². The van der Waals surface area contributed by atoms with Crippen LogP contribution >= 0.6 is 11.6 Å². The van der Waals surface area contributed by atoms with Crippen molar-refractivity contribution in [2.24, 2.45) is 0 Å². The van der Waals surface area contributed by atoms with Crippen molar-refractivity contribution in [3.05, 3.63) is 35.0 Å². The SMILES string of the molecule is N#Cc1nn(-c2ccccc2Cl)nc1N1CCCC1. The molecule has 1 fully saturated rings. The molecule has 3 rings (SSSR count). The van der Waals surface area contributed by atoms with E-state index in [1.807, 2.05) is 18.2 Å². The van der Waals surface area contributed by atoms with Crippen molar-refractivity contribution < 1.29 is 0 Å². The lowest BCUT2D eigenvalue weighted by Gasteiger charge is -2.12. The highest BCUT2D eigenvalue weighted by Gasteiger charge is 2.21. The van der Waals surface area contributed by atoms with Crippen LogP contribution in [-0.4, -0.2) is 28.1 Å². The number of para-hydroxylation sites is 1. The molecule has 1 aliphatic rings. The van der Waals surface area contributed by atoms with Gasteiger partial charge in [-0.3, -0.25) is 0 Å². The minimum absolute atomic E-state index is 0.349. The molecule has 19 heavy (non-hydrogen) atoms. The van der Waals surface area contributed by atoms with Gasteiger partial charge in [-0.05, 0) is 25.0 Å². The van der Waals surface area contributed by atoms with Crippen molar-refractivity contribution in [3.63, 3.8) is 0 Å². The Morgan fingerprint density at radius 1 is 1.16 bits per heavy atom. The van der Waals surface area contributed by atoms with Crippen molar-refractivity contribution >= 4 is 17.4 Å². The number of rotatable bonds is 2. The molecule has 96 valence electrons. The molecule has 1 saturated heterocycles. The zero-order chi connectivity index (χ0) is 13.2. The number of nitrogens with zero attached hydrogens (tertiary/aromatic N) is 5. The van der Waals surface area contributed by atoms with Gasteiger partial charge in [0.2, 0.25) is 5.69 Å². The van der Waals surface area contributed by atoms with Crippen LogP contribution in [0.2, 0.25) is 5.02 Å². The molecule has 0 aliphatic carbocycles. The zero-order valence-electron chi connectivity index (χ0n) is 10.3. The van der Waals surface area contributed by atoms with Gasteiger partial charge in [-0.15, -0.1) is 15.0 Å². The predicted octanol–water partition coefficient (Wildman–Crippen LogP) is 2.39. The van der Waals surface area contributed by atoms with Gasteiger partial charge in [0.25, 0.3) is 0 Å². The molecule has 0 amide bonds. The topological polar surface area (TPSA) is 57.7 Å². The van der Waals surface area contributed by atoms with Crippen molar-refractivity contribution in [1.82, 2.24) is 15.0 Å². The van der Waals surface area contributed by atoms with E-state index in [1.54, 1.807) is 6.07 Å². The first kappa shape index (κ1) is 12.0. The Balaban J connectivity index is 2.05. The Hall–Kier alpha value is -2.06. The number of aromatic nitrogens is 3. The third kappa shape index (κ3) is 2.15. The first-order valence-corrected chi connectivity index (χ1v) is 6.54. The number of hydrogen-bond donors (Lipinski definition) is 0. The van der Waals surface area contributed by atoms with Gasteiger partial charge in [0.1, 0.15) is 11.8 Å². The molecule has 0 unspecified atom stereocenters. The molecule has 0 bridgehead atoms. The summed E-state index contributed by atoms with van der Waals surface area (Å²) in [5.41, 5.74) is 1.04. The maximum absolute atomic E-state index is 9.18. The van der Waals surface area contributed by atoms with Crippen LogP contribution < -0.4 is 4.90 Å². The molecule has 1 aliphatic heterocycles. The summed E-state index contributed by atoms with van der Waals surface area (Å²) >= 11 is 6.13. The van der Waals surface area contributed by atoms with E-state index in [0.717, 1.165) is 25.9 Å². The molecule has 0 atom stereocenters. The summed E-state index contributed by atoms with van der Waals surface area (Å²) < 4.78 is 0. The second-order valence-electron chi connectivity index (χ2n) is 4.42. The highest BCUT2D eigenvalue weighted by molar-refractivity contribution is 6.32. The lowest BCUT2D eigenvalue weighted by molar-refractivity contribution is 0.744. The van der Waals surface area contributed by atoms with Crippen LogP contribution in [0.3, 0.4) is 0 Å². The Morgan fingerprint density at radius 3 is 2.58 bits per heavy atom. The van der Waals surface area contributed by atoms with E-state index in [1.165, 1.54) is 4.80 Å². The lowest BCUT2D eigenvalue weighted by Crippen LogP contribution is -2.19. The fraction of sp³-hybridized carbons (Fsp3) is 0.308. The molecule has 6 heteroatoms. The van der Waals surface area contributed by atoms with Crippen molar-refractivity contribution in [1.29, 1.82) is 5.26 Å². The van der Waals surface area contributed by atoms with E-state index in [2.05, 4.69) is 21.2 Å². The van der Waals surface area contributed by atoms with E-state index < -0.39 is 0 Å². The molecule has 2 heterocycles. The van der Waals surface area contributed by atoms with Gasteiger partial charge >= 0.3 is 0 Å². The normalized spacial score (nSPS) is 14.6. The summed E-state index contributed by atoms with van der Waals surface area (Å²) in [5.74, 6) is 0.653. The molecule has 0 radical (unpaired) electrons. The van der Waals surface area contributed by atoms with Crippen LogP contribution in [0.5, 0.6) is 0 Å². The summed E-state index contributed by atoms with van der Waals surface area (Å²) in [5, 5.41) is 18.4. The molecular formula is C13H12ClN5. The fourth-order valence-corrected chi connectivity index (χ4v) is 2.45. The van der Waals surface area contributed by atoms with Gasteiger partial charge in [-0.2, -0.15) is 5.26 Å². The monoisotopic (exact) mass is 273 g/mol. The van der Waals surface area contributed by atoms with Gasteiger partial charge in [0, 0.05) is 13.1 Å².